The molecule has 1 aliphatic carbocycles. The van der Waals surface area contributed by atoms with E-state index in [-0.39, 0.29) is 17.4 Å². The fourth-order valence-electron chi connectivity index (χ4n) is 1.95. The Balaban J connectivity index is 2.39. The molecule has 0 bridgehead atoms. The minimum absolute atomic E-state index is 0.157. The van der Waals surface area contributed by atoms with Crippen LogP contribution in [0.1, 0.15) is 43.1 Å². The molecule has 0 saturated heterocycles. The van der Waals surface area contributed by atoms with Crippen molar-refractivity contribution in [3.8, 4) is 0 Å². The van der Waals surface area contributed by atoms with E-state index in [0.29, 0.717) is 10.9 Å². The molecule has 0 amide bonds. The molecule has 1 atom stereocenters. The predicted octanol–water partition coefficient (Wildman–Crippen LogP) is 2.25. The maximum absolute atomic E-state index is 11.2. The highest BCUT2D eigenvalue weighted by atomic mass is 32.2. The van der Waals surface area contributed by atoms with E-state index in [1.807, 2.05) is 13.8 Å². The number of rotatable bonds is 5. The molecule has 1 unspecified atom stereocenters. The lowest BCUT2D eigenvalue weighted by atomic mass is 10.2. The highest BCUT2D eigenvalue weighted by molar-refractivity contribution is 7.99. The van der Waals surface area contributed by atoms with Crippen LogP contribution in [0, 0.1) is 5.92 Å². The van der Waals surface area contributed by atoms with E-state index in [1.165, 1.54) is 24.6 Å². The number of aromatic carboxylic acids is 1. The number of carboxylic acids is 1. The lowest BCUT2D eigenvalue weighted by Crippen LogP contribution is -2.13. The lowest BCUT2D eigenvalue weighted by molar-refractivity contribution is 0.0694. The highest BCUT2D eigenvalue weighted by Crippen LogP contribution is 2.41. The minimum atomic E-state index is -0.993. The first-order valence-electron chi connectivity index (χ1n) is 5.80. The van der Waals surface area contributed by atoms with Gasteiger partial charge in [-0.15, -0.1) is 11.8 Å². The molecule has 0 aromatic carbocycles. The third kappa shape index (κ3) is 2.26. The molecule has 1 aromatic heterocycles. The van der Waals surface area contributed by atoms with Crippen molar-refractivity contribution in [1.82, 2.24) is 9.78 Å². The topological polar surface area (TPSA) is 81.1 Å². The quantitative estimate of drug-likeness (QED) is 0.789. The monoisotopic (exact) mass is 255 g/mol. The van der Waals surface area contributed by atoms with Gasteiger partial charge in [-0.1, -0.05) is 6.92 Å². The first-order valence-corrected chi connectivity index (χ1v) is 6.78. The summed E-state index contributed by atoms with van der Waals surface area (Å²) in [5.41, 5.74) is 6.06. The van der Waals surface area contributed by atoms with E-state index in [1.54, 1.807) is 4.68 Å². The third-order valence-electron chi connectivity index (χ3n) is 3.10. The van der Waals surface area contributed by atoms with Crippen molar-refractivity contribution >= 4 is 23.5 Å². The Bertz CT molecular complexity index is 440. The van der Waals surface area contributed by atoms with Crippen LogP contribution in [0.5, 0.6) is 0 Å². The molecule has 1 aromatic rings. The van der Waals surface area contributed by atoms with Gasteiger partial charge in [0.15, 0.2) is 0 Å². The van der Waals surface area contributed by atoms with Crippen LogP contribution >= 0.6 is 11.8 Å². The van der Waals surface area contributed by atoms with E-state index in [2.05, 4.69) is 5.10 Å². The molecule has 5 nitrogen and oxygen atoms in total. The Morgan fingerprint density at radius 2 is 2.35 bits per heavy atom. The lowest BCUT2D eigenvalue weighted by Gasteiger charge is -2.12. The van der Waals surface area contributed by atoms with Crippen molar-refractivity contribution in [3.05, 3.63) is 5.56 Å². The van der Waals surface area contributed by atoms with Crippen LogP contribution in [0.25, 0.3) is 0 Å². The molecule has 6 heteroatoms. The number of hydrogen-bond donors (Lipinski definition) is 2. The highest BCUT2D eigenvalue weighted by Gasteiger charge is 2.33. The molecular formula is C11H17N3O2S. The zero-order chi connectivity index (χ0) is 12.6. The molecule has 17 heavy (non-hydrogen) atoms. The summed E-state index contributed by atoms with van der Waals surface area (Å²) in [7, 11) is 0. The van der Waals surface area contributed by atoms with Crippen LogP contribution in [0.2, 0.25) is 0 Å². The van der Waals surface area contributed by atoms with Gasteiger partial charge in [0.1, 0.15) is 16.4 Å². The summed E-state index contributed by atoms with van der Waals surface area (Å²) in [4.78, 5) is 11.2. The van der Waals surface area contributed by atoms with Crippen molar-refractivity contribution < 1.29 is 9.90 Å². The van der Waals surface area contributed by atoms with E-state index in [4.69, 9.17) is 5.73 Å². The molecule has 0 radical (unpaired) electrons. The van der Waals surface area contributed by atoms with Crippen LogP contribution in [0.15, 0.2) is 5.03 Å². The predicted molar refractivity (Wildman–Crippen MR) is 67.4 cm³/mol. The van der Waals surface area contributed by atoms with Gasteiger partial charge in [0.25, 0.3) is 0 Å². The summed E-state index contributed by atoms with van der Waals surface area (Å²) >= 11 is 1.42. The van der Waals surface area contributed by atoms with Crippen molar-refractivity contribution in [3.63, 3.8) is 0 Å². The Morgan fingerprint density at radius 3 is 2.82 bits per heavy atom. The second kappa shape index (κ2) is 4.60. The van der Waals surface area contributed by atoms with E-state index < -0.39 is 5.97 Å². The number of nitrogen functional groups attached to an aromatic ring is 1. The van der Waals surface area contributed by atoms with Crippen molar-refractivity contribution in [2.24, 2.45) is 5.92 Å². The number of nitrogens with zero attached hydrogens (tertiary/aromatic N) is 2. The standard InChI is InChI=1S/C11H17N3O2S/c1-3-17-10-8(11(15)16)9(12)14(13-10)6(2)7-4-5-7/h6-7H,3-5,12H2,1-2H3,(H,15,16). The molecule has 1 saturated carbocycles. The third-order valence-corrected chi connectivity index (χ3v) is 3.95. The number of carboxylic acid groups (broad SMARTS) is 1. The Labute approximate surface area is 104 Å². The molecule has 1 aliphatic rings. The average Bonchev–Trinajstić information content (AvgIpc) is 3.03. The number of aromatic nitrogens is 2. The molecule has 1 fully saturated rings. The van der Waals surface area contributed by atoms with Crippen LogP contribution < -0.4 is 5.73 Å². The van der Waals surface area contributed by atoms with Crippen molar-refractivity contribution in [1.29, 1.82) is 0 Å². The fourth-order valence-corrected chi connectivity index (χ4v) is 2.71. The number of hydrogen-bond acceptors (Lipinski definition) is 4. The molecule has 2 rings (SSSR count). The van der Waals surface area contributed by atoms with E-state index >= 15 is 0 Å². The number of carbonyl (C=O) groups is 1. The maximum atomic E-state index is 11.2. The van der Waals surface area contributed by atoms with Gasteiger partial charge in [-0.05, 0) is 31.4 Å². The summed E-state index contributed by atoms with van der Waals surface area (Å²) in [5.74, 6) is 0.674. The van der Waals surface area contributed by atoms with Gasteiger partial charge in [-0.25, -0.2) is 9.48 Å². The molecule has 3 N–H and O–H groups in total. The van der Waals surface area contributed by atoms with Gasteiger partial charge in [0.05, 0.1) is 6.04 Å². The fraction of sp³-hybridized carbons (Fsp3) is 0.636. The molecular weight excluding hydrogens is 238 g/mol. The van der Waals surface area contributed by atoms with Gasteiger partial charge in [-0.2, -0.15) is 5.10 Å². The number of nitrogens with two attached hydrogens (primary N) is 1. The van der Waals surface area contributed by atoms with Gasteiger partial charge in [0.2, 0.25) is 0 Å². The van der Waals surface area contributed by atoms with Crippen LogP contribution in [-0.2, 0) is 0 Å². The van der Waals surface area contributed by atoms with Gasteiger partial charge in [0, 0.05) is 0 Å². The zero-order valence-electron chi connectivity index (χ0n) is 10.0. The first kappa shape index (κ1) is 12.3. The molecule has 94 valence electrons. The van der Waals surface area contributed by atoms with Gasteiger partial charge < -0.3 is 10.8 Å². The Morgan fingerprint density at radius 1 is 1.71 bits per heavy atom. The molecule has 1 heterocycles. The van der Waals surface area contributed by atoms with Crippen LogP contribution in [0.4, 0.5) is 5.82 Å². The Kier molecular flexibility index (Phi) is 3.33. The number of anilines is 1. The summed E-state index contributed by atoms with van der Waals surface area (Å²) in [6.07, 6.45) is 2.36. The van der Waals surface area contributed by atoms with Crippen molar-refractivity contribution in [2.75, 3.05) is 11.5 Å². The largest absolute Gasteiger partial charge is 0.477 e. The van der Waals surface area contributed by atoms with Crippen molar-refractivity contribution in [2.45, 2.75) is 37.8 Å². The zero-order valence-corrected chi connectivity index (χ0v) is 10.8. The molecule has 0 aliphatic heterocycles. The van der Waals surface area contributed by atoms with Crippen LogP contribution in [0.3, 0.4) is 0 Å². The minimum Gasteiger partial charge on any atom is -0.477 e. The second-order valence-corrected chi connectivity index (χ2v) is 5.58. The van der Waals surface area contributed by atoms with Gasteiger partial charge >= 0.3 is 5.97 Å². The second-order valence-electron chi connectivity index (χ2n) is 4.33. The van der Waals surface area contributed by atoms with Crippen LogP contribution in [-0.4, -0.2) is 26.6 Å². The van der Waals surface area contributed by atoms with E-state index in [0.717, 1.165) is 5.75 Å². The SMILES string of the molecule is CCSc1nn(C(C)C2CC2)c(N)c1C(=O)O. The average molecular weight is 255 g/mol. The van der Waals surface area contributed by atoms with Gasteiger partial charge in [-0.3, -0.25) is 0 Å². The number of thioether (sulfide) groups is 1. The first-order chi connectivity index (χ1) is 8.06. The molecule has 0 spiro atoms. The maximum Gasteiger partial charge on any atom is 0.342 e. The summed E-state index contributed by atoms with van der Waals surface area (Å²) < 4.78 is 1.68. The summed E-state index contributed by atoms with van der Waals surface area (Å²) in [5, 5.41) is 14.1. The smallest absolute Gasteiger partial charge is 0.342 e. The normalized spacial score (nSPS) is 17.1. The van der Waals surface area contributed by atoms with E-state index in [9.17, 15) is 9.90 Å². The summed E-state index contributed by atoms with van der Waals surface area (Å²) in [6, 6.07) is 0.194. The Hall–Kier alpha value is -1.17. The summed E-state index contributed by atoms with van der Waals surface area (Å²) in [6.45, 7) is 4.02.